The number of halogens is 2. The topological polar surface area (TPSA) is 24.7 Å². The Hall–Kier alpha value is -2.62. The SMILES string of the molecule is C=Cc1cccc(C2=NCC(c3ccccc3C(C)(F)F)=N2)c1. The molecule has 2 aromatic carbocycles. The molecule has 2 nitrogen and oxygen atoms in total. The van der Waals surface area contributed by atoms with Crippen molar-refractivity contribution >= 4 is 17.6 Å². The number of hydrogen-bond donors (Lipinski definition) is 0. The van der Waals surface area contributed by atoms with E-state index in [1.807, 2.05) is 24.3 Å². The van der Waals surface area contributed by atoms with E-state index in [9.17, 15) is 8.78 Å². The normalized spacial score (nSPS) is 14.4. The molecular formula is C19H16F2N2. The zero-order valence-electron chi connectivity index (χ0n) is 12.8. The van der Waals surface area contributed by atoms with E-state index in [1.54, 1.807) is 24.3 Å². The Morgan fingerprint density at radius 2 is 1.91 bits per heavy atom. The van der Waals surface area contributed by atoms with E-state index in [0.29, 0.717) is 23.7 Å². The van der Waals surface area contributed by atoms with Crippen LogP contribution in [-0.2, 0) is 5.92 Å². The van der Waals surface area contributed by atoms with E-state index in [-0.39, 0.29) is 5.56 Å². The van der Waals surface area contributed by atoms with Gasteiger partial charge in [0.1, 0.15) is 0 Å². The second-order valence-corrected chi connectivity index (χ2v) is 5.46. The van der Waals surface area contributed by atoms with Gasteiger partial charge in [-0.05, 0) is 11.6 Å². The summed E-state index contributed by atoms with van der Waals surface area (Å²) in [5.41, 5.74) is 2.84. The van der Waals surface area contributed by atoms with Crippen molar-refractivity contribution in [1.29, 1.82) is 0 Å². The van der Waals surface area contributed by atoms with Gasteiger partial charge < -0.3 is 0 Å². The minimum absolute atomic E-state index is 0.0185. The monoisotopic (exact) mass is 310 g/mol. The van der Waals surface area contributed by atoms with E-state index in [4.69, 9.17) is 0 Å². The van der Waals surface area contributed by atoms with Crippen molar-refractivity contribution in [3.05, 3.63) is 77.4 Å². The predicted molar refractivity (Wildman–Crippen MR) is 90.5 cm³/mol. The number of aliphatic imine (C=N–C) groups is 2. The quantitative estimate of drug-likeness (QED) is 0.782. The highest BCUT2D eigenvalue weighted by Gasteiger charge is 2.29. The third-order valence-corrected chi connectivity index (χ3v) is 3.71. The van der Waals surface area contributed by atoms with Gasteiger partial charge in [-0.15, -0.1) is 0 Å². The second-order valence-electron chi connectivity index (χ2n) is 5.46. The second kappa shape index (κ2) is 5.88. The Morgan fingerprint density at radius 3 is 2.65 bits per heavy atom. The molecule has 0 bridgehead atoms. The van der Waals surface area contributed by atoms with Crippen LogP contribution in [0.5, 0.6) is 0 Å². The van der Waals surface area contributed by atoms with E-state index >= 15 is 0 Å². The average Bonchev–Trinajstić information content (AvgIpc) is 3.04. The molecule has 0 saturated carbocycles. The number of alkyl halides is 2. The van der Waals surface area contributed by atoms with Crippen LogP contribution in [0.2, 0.25) is 0 Å². The number of amidine groups is 1. The van der Waals surface area contributed by atoms with Gasteiger partial charge in [-0.2, -0.15) is 0 Å². The highest BCUT2D eigenvalue weighted by atomic mass is 19.3. The predicted octanol–water partition coefficient (Wildman–Crippen LogP) is 4.69. The van der Waals surface area contributed by atoms with Crippen molar-refractivity contribution in [2.45, 2.75) is 12.8 Å². The lowest BCUT2D eigenvalue weighted by Crippen LogP contribution is -2.15. The molecule has 2 aromatic rings. The van der Waals surface area contributed by atoms with Crippen LogP contribution in [0.4, 0.5) is 8.78 Å². The van der Waals surface area contributed by atoms with Crippen molar-refractivity contribution in [3.8, 4) is 0 Å². The maximum absolute atomic E-state index is 13.8. The summed E-state index contributed by atoms with van der Waals surface area (Å²) in [4.78, 5) is 8.87. The average molecular weight is 310 g/mol. The van der Waals surface area contributed by atoms with Gasteiger partial charge in [0.05, 0.1) is 12.3 Å². The van der Waals surface area contributed by atoms with Crippen LogP contribution in [0.1, 0.15) is 29.2 Å². The molecule has 116 valence electrons. The fourth-order valence-electron chi connectivity index (χ4n) is 2.57. The Labute approximate surface area is 133 Å². The van der Waals surface area contributed by atoms with Crippen LogP contribution >= 0.6 is 0 Å². The van der Waals surface area contributed by atoms with Crippen molar-refractivity contribution in [1.82, 2.24) is 0 Å². The Morgan fingerprint density at radius 1 is 1.13 bits per heavy atom. The van der Waals surface area contributed by atoms with E-state index in [2.05, 4.69) is 16.6 Å². The summed E-state index contributed by atoms with van der Waals surface area (Å²) < 4.78 is 27.6. The van der Waals surface area contributed by atoms with Gasteiger partial charge >= 0.3 is 0 Å². The van der Waals surface area contributed by atoms with Gasteiger partial charge in [0.2, 0.25) is 0 Å². The van der Waals surface area contributed by atoms with Crippen molar-refractivity contribution in [3.63, 3.8) is 0 Å². The first-order valence-corrected chi connectivity index (χ1v) is 7.31. The summed E-state index contributed by atoms with van der Waals surface area (Å²) in [7, 11) is 0. The van der Waals surface area contributed by atoms with Gasteiger partial charge in [-0.1, -0.05) is 55.1 Å². The van der Waals surface area contributed by atoms with Gasteiger partial charge in [-0.3, -0.25) is 4.99 Å². The molecule has 0 atom stereocenters. The number of hydrogen-bond acceptors (Lipinski definition) is 2. The Kier molecular flexibility index (Phi) is 3.90. The lowest BCUT2D eigenvalue weighted by Gasteiger charge is -2.15. The minimum Gasteiger partial charge on any atom is -0.260 e. The molecule has 0 N–H and O–H groups in total. The molecule has 0 amide bonds. The Balaban J connectivity index is 1.98. The van der Waals surface area contributed by atoms with E-state index in [1.165, 1.54) is 6.07 Å². The summed E-state index contributed by atoms with van der Waals surface area (Å²) in [5, 5.41) is 0. The van der Waals surface area contributed by atoms with Crippen LogP contribution in [0.3, 0.4) is 0 Å². The lowest BCUT2D eigenvalue weighted by atomic mass is 9.99. The maximum atomic E-state index is 13.8. The Bertz CT molecular complexity index is 814. The molecule has 23 heavy (non-hydrogen) atoms. The van der Waals surface area contributed by atoms with Crippen LogP contribution < -0.4 is 0 Å². The summed E-state index contributed by atoms with van der Waals surface area (Å²) in [6.45, 7) is 4.95. The van der Waals surface area contributed by atoms with E-state index < -0.39 is 5.92 Å². The molecule has 0 spiro atoms. The molecule has 1 aliphatic rings. The van der Waals surface area contributed by atoms with E-state index in [0.717, 1.165) is 18.1 Å². The molecular weight excluding hydrogens is 294 g/mol. The first kappa shape index (κ1) is 15.3. The first-order chi connectivity index (χ1) is 11.0. The zero-order chi connectivity index (χ0) is 16.4. The minimum atomic E-state index is -2.91. The van der Waals surface area contributed by atoms with Crippen molar-refractivity contribution < 1.29 is 8.78 Å². The molecule has 0 fully saturated rings. The van der Waals surface area contributed by atoms with Crippen molar-refractivity contribution in [2.75, 3.05) is 6.54 Å². The molecule has 1 heterocycles. The van der Waals surface area contributed by atoms with Crippen LogP contribution in [0.15, 0.2) is 65.1 Å². The standard InChI is InChI=1S/C19H16F2N2/c1-3-13-7-6-8-14(11-13)18-22-12-17(23-18)15-9-4-5-10-16(15)19(2,20)21/h3-11H,1,12H2,2H3. The van der Waals surface area contributed by atoms with Crippen molar-refractivity contribution in [2.24, 2.45) is 9.98 Å². The summed E-state index contributed by atoms with van der Waals surface area (Å²) in [6, 6.07) is 14.1. The van der Waals surface area contributed by atoms with Gasteiger partial charge in [0.15, 0.2) is 5.84 Å². The largest absolute Gasteiger partial charge is 0.271 e. The molecule has 1 aliphatic heterocycles. The highest BCUT2D eigenvalue weighted by molar-refractivity contribution is 6.17. The number of rotatable bonds is 4. The maximum Gasteiger partial charge on any atom is 0.271 e. The van der Waals surface area contributed by atoms with Gasteiger partial charge in [0.25, 0.3) is 5.92 Å². The van der Waals surface area contributed by atoms with Crippen LogP contribution in [0.25, 0.3) is 6.08 Å². The van der Waals surface area contributed by atoms with Gasteiger partial charge in [-0.25, -0.2) is 13.8 Å². The highest BCUT2D eigenvalue weighted by Crippen LogP contribution is 2.31. The molecule has 0 unspecified atom stereocenters. The zero-order valence-corrected chi connectivity index (χ0v) is 12.8. The van der Waals surface area contributed by atoms with Crippen LogP contribution in [0, 0.1) is 0 Å². The summed E-state index contributed by atoms with van der Waals surface area (Å²) in [6.07, 6.45) is 1.75. The third-order valence-electron chi connectivity index (χ3n) is 3.71. The smallest absolute Gasteiger partial charge is 0.260 e. The molecule has 0 aromatic heterocycles. The fourth-order valence-corrected chi connectivity index (χ4v) is 2.57. The molecule has 0 radical (unpaired) electrons. The summed E-state index contributed by atoms with van der Waals surface area (Å²) in [5.74, 6) is -2.34. The third kappa shape index (κ3) is 3.11. The molecule has 4 heteroatoms. The van der Waals surface area contributed by atoms with Gasteiger partial charge in [0, 0.05) is 23.6 Å². The lowest BCUT2D eigenvalue weighted by molar-refractivity contribution is 0.0173. The summed E-state index contributed by atoms with van der Waals surface area (Å²) >= 11 is 0. The molecule has 3 rings (SSSR count). The fraction of sp³-hybridized carbons (Fsp3) is 0.158. The number of benzene rings is 2. The first-order valence-electron chi connectivity index (χ1n) is 7.31. The molecule has 0 aliphatic carbocycles. The molecule has 0 saturated heterocycles. The van der Waals surface area contributed by atoms with Crippen LogP contribution in [-0.4, -0.2) is 18.1 Å². The number of nitrogens with zero attached hydrogens (tertiary/aromatic N) is 2.